The van der Waals surface area contributed by atoms with Crippen molar-refractivity contribution in [3.8, 4) is 0 Å². The third kappa shape index (κ3) is 4.18. The van der Waals surface area contributed by atoms with Gasteiger partial charge in [0.05, 0.1) is 0 Å². The number of unbranched alkanes of at least 4 members (excludes halogenated alkanes) is 1. The Morgan fingerprint density at radius 2 is 2.40 bits per heavy atom. The summed E-state index contributed by atoms with van der Waals surface area (Å²) in [6.45, 7) is 2.16. The predicted octanol–water partition coefficient (Wildman–Crippen LogP) is 3.95. The molecule has 2 nitrogen and oxygen atoms in total. The van der Waals surface area contributed by atoms with Gasteiger partial charge in [0.25, 0.3) is 0 Å². The molecule has 0 saturated carbocycles. The number of carboxylic acids is 1. The van der Waals surface area contributed by atoms with Gasteiger partial charge < -0.3 is 5.11 Å². The fourth-order valence-electron chi connectivity index (χ4n) is 1.17. The van der Waals surface area contributed by atoms with Crippen molar-refractivity contribution in [3.05, 3.63) is 26.4 Å². The third-order valence-corrected chi connectivity index (χ3v) is 4.05. The summed E-state index contributed by atoms with van der Waals surface area (Å²) < 4.78 is 1.09. The molecule has 15 heavy (non-hydrogen) atoms. The van der Waals surface area contributed by atoms with Crippen molar-refractivity contribution < 1.29 is 9.90 Å². The molecule has 4 heteroatoms. The van der Waals surface area contributed by atoms with Crippen molar-refractivity contribution in [3.63, 3.8) is 0 Å². The van der Waals surface area contributed by atoms with E-state index in [1.54, 1.807) is 17.4 Å². The third-order valence-electron chi connectivity index (χ3n) is 1.92. The lowest BCUT2D eigenvalue weighted by atomic mass is 10.2. The zero-order chi connectivity index (χ0) is 11.3. The SMILES string of the molecule is CCCCc1sc(/C=C/C(=O)O)cc1Br. The van der Waals surface area contributed by atoms with E-state index in [9.17, 15) is 4.79 Å². The molecule has 0 atom stereocenters. The molecule has 1 aromatic heterocycles. The minimum Gasteiger partial charge on any atom is -0.478 e. The second-order valence-electron chi connectivity index (χ2n) is 3.20. The van der Waals surface area contributed by atoms with Crippen LogP contribution in [-0.2, 0) is 11.2 Å². The summed E-state index contributed by atoms with van der Waals surface area (Å²) in [5.41, 5.74) is 0. The molecule has 0 unspecified atom stereocenters. The van der Waals surface area contributed by atoms with Crippen molar-refractivity contribution in [1.29, 1.82) is 0 Å². The molecule has 0 fully saturated rings. The normalized spacial score (nSPS) is 11.1. The highest BCUT2D eigenvalue weighted by Gasteiger charge is 2.04. The summed E-state index contributed by atoms with van der Waals surface area (Å²) in [5.74, 6) is -0.908. The Morgan fingerprint density at radius 3 is 3.00 bits per heavy atom. The van der Waals surface area contributed by atoms with Gasteiger partial charge in [0, 0.05) is 20.3 Å². The molecule has 1 N–H and O–H groups in total. The Kier molecular flexibility index (Phi) is 5.05. The highest BCUT2D eigenvalue weighted by molar-refractivity contribution is 9.10. The van der Waals surface area contributed by atoms with Crippen molar-refractivity contribution in [2.45, 2.75) is 26.2 Å². The summed E-state index contributed by atoms with van der Waals surface area (Å²) in [5, 5.41) is 8.50. The molecule has 82 valence electrons. The first kappa shape index (κ1) is 12.5. The Morgan fingerprint density at radius 1 is 1.67 bits per heavy atom. The number of rotatable bonds is 5. The minimum absolute atomic E-state index is 0.908. The summed E-state index contributed by atoms with van der Waals surface area (Å²) in [4.78, 5) is 12.6. The first-order valence-electron chi connectivity index (χ1n) is 4.82. The van der Waals surface area contributed by atoms with Crippen LogP contribution >= 0.6 is 27.3 Å². The number of thiophene rings is 1. The number of hydrogen-bond donors (Lipinski definition) is 1. The zero-order valence-electron chi connectivity index (χ0n) is 8.50. The Labute approximate surface area is 102 Å². The van der Waals surface area contributed by atoms with E-state index in [4.69, 9.17) is 5.11 Å². The molecular weight excluding hydrogens is 276 g/mol. The molecule has 0 radical (unpaired) electrons. The summed E-state index contributed by atoms with van der Waals surface area (Å²) in [7, 11) is 0. The number of aryl methyl sites for hydroxylation is 1. The second kappa shape index (κ2) is 6.08. The van der Waals surface area contributed by atoms with Crippen molar-refractivity contribution >= 4 is 39.3 Å². The van der Waals surface area contributed by atoms with Crippen molar-refractivity contribution in [2.24, 2.45) is 0 Å². The van der Waals surface area contributed by atoms with E-state index in [2.05, 4.69) is 22.9 Å². The molecule has 0 bridgehead atoms. The van der Waals surface area contributed by atoms with Crippen LogP contribution in [0.1, 0.15) is 29.5 Å². The van der Waals surface area contributed by atoms with Crippen LogP contribution in [0.2, 0.25) is 0 Å². The Hall–Kier alpha value is -0.610. The van der Waals surface area contributed by atoms with Crippen LogP contribution in [0.3, 0.4) is 0 Å². The molecule has 0 saturated heterocycles. The molecule has 0 aliphatic heterocycles. The topological polar surface area (TPSA) is 37.3 Å². The van der Waals surface area contributed by atoms with Crippen LogP contribution in [0, 0.1) is 0 Å². The summed E-state index contributed by atoms with van der Waals surface area (Å²) in [6.07, 6.45) is 6.20. The van der Waals surface area contributed by atoms with E-state index < -0.39 is 5.97 Å². The van der Waals surface area contributed by atoms with E-state index >= 15 is 0 Å². The van der Waals surface area contributed by atoms with Gasteiger partial charge in [-0.1, -0.05) is 13.3 Å². The van der Waals surface area contributed by atoms with E-state index in [0.29, 0.717) is 0 Å². The molecule has 0 aromatic carbocycles. The average Bonchev–Trinajstić information content (AvgIpc) is 2.53. The second-order valence-corrected chi connectivity index (χ2v) is 5.22. The van der Waals surface area contributed by atoms with Gasteiger partial charge >= 0.3 is 5.97 Å². The Balaban J connectivity index is 2.72. The van der Waals surface area contributed by atoms with E-state index in [1.807, 2.05) is 6.07 Å². The molecule has 0 aliphatic carbocycles. The summed E-state index contributed by atoms with van der Waals surface area (Å²) in [6, 6.07) is 1.97. The maximum absolute atomic E-state index is 10.3. The molecule has 1 heterocycles. The predicted molar refractivity (Wildman–Crippen MR) is 67.3 cm³/mol. The van der Waals surface area contributed by atoms with Crippen molar-refractivity contribution in [2.75, 3.05) is 0 Å². The first-order valence-corrected chi connectivity index (χ1v) is 6.43. The van der Waals surface area contributed by atoms with Crippen LogP contribution in [0.15, 0.2) is 16.6 Å². The van der Waals surface area contributed by atoms with Gasteiger partial charge in [0.1, 0.15) is 0 Å². The van der Waals surface area contributed by atoms with Crippen LogP contribution in [0.4, 0.5) is 0 Å². The van der Waals surface area contributed by atoms with Crippen LogP contribution in [0.5, 0.6) is 0 Å². The molecule has 1 rings (SSSR count). The van der Waals surface area contributed by atoms with E-state index in [-0.39, 0.29) is 0 Å². The number of aliphatic carboxylic acids is 1. The molecule has 0 aliphatic rings. The quantitative estimate of drug-likeness (QED) is 0.833. The lowest BCUT2D eigenvalue weighted by Gasteiger charge is -1.94. The maximum Gasteiger partial charge on any atom is 0.328 e. The number of halogens is 1. The highest BCUT2D eigenvalue weighted by Crippen LogP contribution is 2.29. The van der Waals surface area contributed by atoms with Crippen molar-refractivity contribution in [1.82, 2.24) is 0 Å². The molecular formula is C11H13BrO2S. The first-order chi connectivity index (χ1) is 7.13. The van der Waals surface area contributed by atoms with Gasteiger partial charge in [-0.3, -0.25) is 0 Å². The number of carbonyl (C=O) groups is 1. The van der Waals surface area contributed by atoms with Gasteiger partial charge in [-0.25, -0.2) is 4.79 Å². The van der Waals surface area contributed by atoms with Gasteiger partial charge in [-0.2, -0.15) is 0 Å². The molecule has 0 amide bonds. The van der Waals surface area contributed by atoms with Gasteiger partial charge in [0.2, 0.25) is 0 Å². The maximum atomic E-state index is 10.3. The van der Waals surface area contributed by atoms with Crippen LogP contribution < -0.4 is 0 Å². The van der Waals surface area contributed by atoms with Crippen LogP contribution in [-0.4, -0.2) is 11.1 Å². The molecule has 0 spiro atoms. The van der Waals surface area contributed by atoms with E-state index in [0.717, 1.165) is 15.8 Å². The average molecular weight is 289 g/mol. The lowest BCUT2D eigenvalue weighted by Crippen LogP contribution is -1.84. The lowest BCUT2D eigenvalue weighted by molar-refractivity contribution is -0.131. The van der Waals surface area contributed by atoms with Crippen LogP contribution in [0.25, 0.3) is 6.08 Å². The number of carboxylic acid groups (broad SMARTS) is 1. The van der Waals surface area contributed by atoms with Gasteiger partial charge in [0.15, 0.2) is 0 Å². The van der Waals surface area contributed by atoms with E-state index in [1.165, 1.54) is 23.8 Å². The minimum atomic E-state index is -0.908. The molecule has 1 aromatic rings. The monoisotopic (exact) mass is 288 g/mol. The smallest absolute Gasteiger partial charge is 0.328 e. The largest absolute Gasteiger partial charge is 0.478 e. The number of hydrogen-bond acceptors (Lipinski definition) is 2. The Bertz CT molecular complexity index is 369. The fraction of sp³-hybridized carbons (Fsp3) is 0.364. The summed E-state index contributed by atoms with van der Waals surface area (Å²) >= 11 is 5.13. The zero-order valence-corrected chi connectivity index (χ0v) is 10.9. The standard InChI is InChI=1S/C11H13BrO2S/c1-2-3-4-10-9(12)7-8(15-10)5-6-11(13)14/h5-7H,2-4H2,1H3,(H,13,14)/b6-5+. The fourth-order valence-corrected chi connectivity index (χ4v) is 3.01. The highest BCUT2D eigenvalue weighted by atomic mass is 79.9. The van der Waals surface area contributed by atoms with Gasteiger partial charge in [-0.05, 0) is 40.9 Å². The van der Waals surface area contributed by atoms with Gasteiger partial charge in [-0.15, -0.1) is 11.3 Å².